The molecule has 2 aromatic carbocycles. The van der Waals surface area contributed by atoms with Crippen LogP contribution in [0.2, 0.25) is 0 Å². The minimum absolute atomic E-state index is 0.0333. The quantitative estimate of drug-likeness (QED) is 0.503. The minimum Gasteiger partial charge on any atom is -0.507 e. The van der Waals surface area contributed by atoms with E-state index < -0.39 is 11.9 Å². The van der Waals surface area contributed by atoms with Crippen molar-refractivity contribution in [3.63, 3.8) is 0 Å². The van der Waals surface area contributed by atoms with Gasteiger partial charge in [0.2, 0.25) is 0 Å². The number of carbonyl (C=O) groups is 2. The fourth-order valence-electron chi connectivity index (χ4n) is 2.07. The Bertz CT molecular complexity index is 678. The summed E-state index contributed by atoms with van der Waals surface area (Å²) in [5.41, 5.74) is 0.451. The standard InChI is InChI=1S/2C11H14O3/c2*1-2-3-8-14-11(13)9-6-4-5-7-10(9)12/h2*4-7,12H,2-3,8H2,1H3. The lowest BCUT2D eigenvalue weighted by Gasteiger charge is -2.04. The highest BCUT2D eigenvalue weighted by atomic mass is 16.5. The molecule has 0 atom stereocenters. The van der Waals surface area contributed by atoms with Gasteiger partial charge in [-0.3, -0.25) is 0 Å². The maximum Gasteiger partial charge on any atom is 0.341 e. The fourth-order valence-corrected chi connectivity index (χ4v) is 2.07. The van der Waals surface area contributed by atoms with Crippen LogP contribution in [0.3, 0.4) is 0 Å². The van der Waals surface area contributed by atoms with E-state index in [-0.39, 0.29) is 22.6 Å². The molecule has 2 N–H and O–H groups in total. The van der Waals surface area contributed by atoms with Crippen LogP contribution >= 0.6 is 0 Å². The number of benzene rings is 2. The Kier molecular flexibility index (Phi) is 10.8. The Morgan fingerprint density at radius 2 is 1.07 bits per heavy atom. The van der Waals surface area contributed by atoms with E-state index in [1.807, 2.05) is 13.8 Å². The molecule has 0 saturated heterocycles. The number of rotatable bonds is 8. The largest absolute Gasteiger partial charge is 0.507 e. The van der Waals surface area contributed by atoms with Crippen molar-refractivity contribution in [2.24, 2.45) is 0 Å². The molecule has 0 spiro atoms. The minimum atomic E-state index is -0.462. The molecular weight excluding hydrogens is 360 g/mol. The molecule has 28 heavy (non-hydrogen) atoms. The topological polar surface area (TPSA) is 93.1 Å². The summed E-state index contributed by atoms with van der Waals surface area (Å²) in [6.07, 6.45) is 3.65. The first-order valence-electron chi connectivity index (χ1n) is 9.41. The van der Waals surface area contributed by atoms with Gasteiger partial charge in [0.25, 0.3) is 0 Å². The van der Waals surface area contributed by atoms with Crippen molar-refractivity contribution in [2.75, 3.05) is 13.2 Å². The summed E-state index contributed by atoms with van der Waals surface area (Å²) in [6, 6.07) is 12.7. The maximum atomic E-state index is 11.4. The predicted molar refractivity (Wildman–Crippen MR) is 107 cm³/mol. The number of carbonyl (C=O) groups excluding carboxylic acids is 2. The number of esters is 2. The smallest absolute Gasteiger partial charge is 0.341 e. The van der Waals surface area contributed by atoms with Crippen LogP contribution in [0.5, 0.6) is 11.5 Å². The van der Waals surface area contributed by atoms with Gasteiger partial charge in [0.05, 0.1) is 13.2 Å². The van der Waals surface area contributed by atoms with E-state index in [9.17, 15) is 19.8 Å². The third-order valence-corrected chi connectivity index (χ3v) is 3.71. The molecule has 152 valence electrons. The summed E-state index contributed by atoms with van der Waals surface area (Å²) in [7, 11) is 0. The molecule has 0 bridgehead atoms. The predicted octanol–water partition coefficient (Wildman–Crippen LogP) is 4.70. The number of phenolic OH excluding ortho intramolecular Hbond substituents is 2. The lowest BCUT2D eigenvalue weighted by molar-refractivity contribution is 0.0486. The van der Waals surface area contributed by atoms with Gasteiger partial charge >= 0.3 is 11.9 Å². The molecule has 0 aromatic heterocycles. The summed E-state index contributed by atoms with van der Waals surface area (Å²) in [4.78, 5) is 22.7. The van der Waals surface area contributed by atoms with Crippen molar-refractivity contribution < 1.29 is 29.3 Å². The first-order valence-corrected chi connectivity index (χ1v) is 9.41. The van der Waals surface area contributed by atoms with Crippen molar-refractivity contribution in [1.29, 1.82) is 0 Å². The van der Waals surface area contributed by atoms with Crippen molar-refractivity contribution in [3.8, 4) is 11.5 Å². The van der Waals surface area contributed by atoms with E-state index in [0.29, 0.717) is 13.2 Å². The van der Waals surface area contributed by atoms with Gasteiger partial charge in [0, 0.05) is 0 Å². The van der Waals surface area contributed by atoms with Crippen LogP contribution in [0.4, 0.5) is 0 Å². The summed E-state index contributed by atoms with van der Waals surface area (Å²) < 4.78 is 9.90. The Morgan fingerprint density at radius 3 is 1.39 bits per heavy atom. The second kappa shape index (κ2) is 13.2. The van der Waals surface area contributed by atoms with Crippen molar-refractivity contribution in [2.45, 2.75) is 39.5 Å². The summed E-state index contributed by atoms with van der Waals surface area (Å²) in [5.74, 6) is -0.990. The first kappa shape index (κ1) is 23.0. The van der Waals surface area contributed by atoms with Gasteiger partial charge in [-0.1, -0.05) is 51.0 Å². The summed E-state index contributed by atoms with van der Waals surface area (Å²) in [5, 5.41) is 18.7. The number of hydrogen-bond acceptors (Lipinski definition) is 6. The maximum absolute atomic E-state index is 11.4. The van der Waals surface area contributed by atoms with Crippen LogP contribution in [0.25, 0.3) is 0 Å². The van der Waals surface area contributed by atoms with E-state index >= 15 is 0 Å². The molecule has 0 amide bonds. The molecule has 6 nitrogen and oxygen atoms in total. The number of unbranched alkanes of at least 4 members (excludes halogenated alkanes) is 2. The Balaban J connectivity index is 0.000000280. The second-order valence-electron chi connectivity index (χ2n) is 6.01. The van der Waals surface area contributed by atoms with Crippen LogP contribution in [0.15, 0.2) is 48.5 Å². The van der Waals surface area contributed by atoms with Crippen molar-refractivity contribution >= 4 is 11.9 Å². The molecule has 0 unspecified atom stereocenters. The highest BCUT2D eigenvalue weighted by Gasteiger charge is 2.11. The third-order valence-electron chi connectivity index (χ3n) is 3.71. The van der Waals surface area contributed by atoms with Gasteiger partial charge in [0.15, 0.2) is 0 Å². The number of ether oxygens (including phenoxy) is 2. The number of hydrogen-bond donors (Lipinski definition) is 2. The summed E-state index contributed by atoms with van der Waals surface area (Å²) >= 11 is 0. The highest BCUT2D eigenvalue weighted by Crippen LogP contribution is 2.17. The summed E-state index contributed by atoms with van der Waals surface area (Å²) in [6.45, 7) is 4.86. The van der Waals surface area contributed by atoms with Crippen LogP contribution in [0, 0.1) is 0 Å². The third kappa shape index (κ3) is 8.12. The van der Waals surface area contributed by atoms with Gasteiger partial charge < -0.3 is 19.7 Å². The zero-order chi connectivity index (χ0) is 20.8. The van der Waals surface area contributed by atoms with Crippen molar-refractivity contribution in [1.82, 2.24) is 0 Å². The van der Waals surface area contributed by atoms with Gasteiger partial charge in [-0.15, -0.1) is 0 Å². The molecule has 0 fully saturated rings. The van der Waals surface area contributed by atoms with Crippen LogP contribution in [-0.4, -0.2) is 35.4 Å². The molecule has 2 aromatic rings. The van der Waals surface area contributed by atoms with Gasteiger partial charge in [0.1, 0.15) is 22.6 Å². The number of para-hydroxylation sites is 2. The number of phenols is 2. The molecule has 0 aliphatic heterocycles. The molecule has 0 aliphatic carbocycles. The van der Waals surface area contributed by atoms with Gasteiger partial charge in [-0.25, -0.2) is 9.59 Å². The average Bonchev–Trinajstić information content (AvgIpc) is 2.69. The van der Waals surface area contributed by atoms with Crippen LogP contribution < -0.4 is 0 Å². The molecule has 2 rings (SSSR count). The fraction of sp³-hybridized carbons (Fsp3) is 0.364. The van der Waals surface area contributed by atoms with E-state index in [1.54, 1.807) is 36.4 Å². The average molecular weight is 388 g/mol. The van der Waals surface area contributed by atoms with E-state index in [2.05, 4.69) is 0 Å². The monoisotopic (exact) mass is 388 g/mol. The molecule has 6 heteroatoms. The second-order valence-corrected chi connectivity index (χ2v) is 6.01. The van der Waals surface area contributed by atoms with Crippen LogP contribution in [-0.2, 0) is 9.47 Å². The van der Waals surface area contributed by atoms with Gasteiger partial charge in [-0.05, 0) is 37.1 Å². The zero-order valence-electron chi connectivity index (χ0n) is 16.4. The molecule has 0 heterocycles. The Labute approximate surface area is 165 Å². The first-order chi connectivity index (χ1) is 13.5. The SMILES string of the molecule is CCCCOC(=O)c1ccccc1O.CCCCOC(=O)c1ccccc1O. The van der Waals surface area contributed by atoms with Crippen molar-refractivity contribution in [3.05, 3.63) is 59.7 Å². The lowest BCUT2D eigenvalue weighted by Crippen LogP contribution is -2.06. The Hall–Kier alpha value is -3.02. The van der Waals surface area contributed by atoms with E-state index in [0.717, 1.165) is 25.7 Å². The highest BCUT2D eigenvalue weighted by molar-refractivity contribution is 5.92. The Morgan fingerprint density at radius 1 is 0.714 bits per heavy atom. The zero-order valence-corrected chi connectivity index (χ0v) is 16.4. The molecule has 0 aliphatic rings. The normalized spacial score (nSPS) is 9.79. The lowest BCUT2D eigenvalue weighted by atomic mass is 10.2. The molecule has 0 saturated carbocycles. The van der Waals surface area contributed by atoms with E-state index in [4.69, 9.17) is 9.47 Å². The molecular formula is C22H28O6. The van der Waals surface area contributed by atoms with Gasteiger partial charge in [-0.2, -0.15) is 0 Å². The number of aromatic hydroxyl groups is 2. The van der Waals surface area contributed by atoms with E-state index in [1.165, 1.54) is 12.1 Å². The van der Waals surface area contributed by atoms with Crippen LogP contribution in [0.1, 0.15) is 60.2 Å². The molecule has 0 radical (unpaired) electrons.